The Bertz CT molecular complexity index is 1330. The molecule has 1 saturated carbocycles. The quantitative estimate of drug-likeness (QED) is 0.404. The normalized spacial score (nSPS) is 16.1. The molecule has 198 valence electrons. The standard InChI is InChI=1S/C31H34FN3O3/c1-21(30(37)33-25-10-3-2-4-11-25)35(20-22-15-17-24(32)18-16-22)28(36)14-7-19-34-27-13-6-9-23-8-5-12-26(29(23)27)31(34)38/h5-6,8-9,12-13,15-18,21,25H,2-4,7,10-11,14,19-20H2,1H3,(H,33,37). The summed E-state index contributed by atoms with van der Waals surface area (Å²) in [5, 5.41) is 5.11. The molecule has 38 heavy (non-hydrogen) atoms. The van der Waals surface area contributed by atoms with Gasteiger partial charge in [0.05, 0.1) is 5.69 Å². The lowest BCUT2D eigenvalue weighted by Crippen LogP contribution is -2.50. The average molecular weight is 516 g/mol. The number of nitrogens with one attached hydrogen (secondary N) is 1. The molecule has 0 radical (unpaired) electrons. The van der Waals surface area contributed by atoms with Gasteiger partial charge in [-0.25, -0.2) is 4.39 Å². The Hall–Kier alpha value is -3.74. The van der Waals surface area contributed by atoms with E-state index < -0.39 is 6.04 Å². The zero-order valence-corrected chi connectivity index (χ0v) is 21.8. The van der Waals surface area contributed by atoms with Crippen LogP contribution in [0.25, 0.3) is 10.8 Å². The first kappa shape index (κ1) is 25.9. The molecule has 1 aliphatic heterocycles. The Morgan fingerprint density at radius 1 is 1.03 bits per heavy atom. The number of carbonyl (C=O) groups is 3. The molecule has 0 saturated heterocycles. The molecule has 2 aliphatic rings. The fraction of sp³-hybridized carbons (Fsp3) is 0.387. The number of carbonyl (C=O) groups excluding carboxylic acids is 3. The Morgan fingerprint density at radius 2 is 1.74 bits per heavy atom. The summed E-state index contributed by atoms with van der Waals surface area (Å²) in [5.41, 5.74) is 2.32. The molecule has 0 aromatic heterocycles. The van der Waals surface area contributed by atoms with E-state index in [1.54, 1.807) is 28.9 Å². The van der Waals surface area contributed by atoms with Gasteiger partial charge in [0.15, 0.2) is 0 Å². The predicted octanol–water partition coefficient (Wildman–Crippen LogP) is 5.59. The van der Waals surface area contributed by atoms with E-state index in [-0.39, 0.29) is 42.5 Å². The second kappa shape index (κ2) is 11.3. The fourth-order valence-corrected chi connectivity index (χ4v) is 5.67. The maximum Gasteiger partial charge on any atom is 0.258 e. The van der Waals surface area contributed by atoms with Crippen molar-refractivity contribution in [2.75, 3.05) is 11.4 Å². The van der Waals surface area contributed by atoms with E-state index in [9.17, 15) is 18.8 Å². The van der Waals surface area contributed by atoms with Gasteiger partial charge in [0.1, 0.15) is 11.9 Å². The number of anilines is 1. The summed E-state index contributed by atoms with van der Waals surface area (Å²) in [6.45, 7) is 2.37. The van der Waals surface area contributed by atoms with Crippen LogP contribution in [0.2, 0.25) is 0 Å². The Balaban J connectivity index is 1.26. The Labute approximate surface area is 222 Å². The molecular formula is C31H34FN3O3. The second-order valence-corrected chi connectivity index (χ2v) is 10.4. The molecule has 5 rings (SSSR count). The van der Waals surface area contributed by atoms with Gasteiger partial charge in [-0.15, -0.1) is 0 Å². The molecule has 0 bridgehead atoms. The number of nitrogens with zero attached hydrogens (tertiary/aromatic N) is 2. The molecule has 1 fully saturated rings. The highest BCUT2D eigenvalue weighted by molar-refractivity contribution is 6.25. The minimum Gasteiger partial charge on any atom is -0.352 e. The van der Waals surface area contributed by atoms with Gasteiger partial charge in [0.2, 0.25) is 11.8 Å². The van der Waals surface area contributed by atoms with Crippen molar-refractivity contribution in [1.82, 2.24) is 10.2 Å². The van der Waals surface area contributed by atoms with Gasteiger partial charge in [-0.3, -0.25) is 14.4 Å². The van der Waals surface area contributed by atoms with Crippen LogP contribution >= 0.6 is 0 Å². The zero-order chi connectivity index (χ0) is 26.6. The van der Waals surface area contributed by atoms with Crippen LogP contribution < -0.4 is 10.2 Å². The van der Waals surface area contributed by atoms with Crippen LogP contribution in [-0.2, 0) is 16.1 Å². The van der Waals surface area contributed by atoms with Crippen molar-refractivity contribution in [2.24, 2.45) is 0 Å². The molecule has 0 spiro atoms. The van der Waals surface area contributed by atoms with Crippen molar-refractivity contribution in [2.45, 2.75) is 70.5 Å². The van der Waals surface area contributed by atoms with Gasteiger partial charge in [-0.05, 0) is 61.4 Å². The molecule has 6 nitrogen and oxygen atoms in total. The fourth-order valence-electron chi connectivity index (χ4n) is 5.67. The molecule has 1 N–H and O–H groups in total. The number of amides is 3. The van der Waals surface area contributed by atoms with Gasteiger partial charge in [0.25, 0.3) is 5.91 Å². The van der Waals surface area contributed by atoms with Gasteiger partial charge in [-0.2, -0.15) is 0 Å². The molecule has 7 heteroatoms. The van der Waals surface area contributed by atoms with Crippen LogP contribution in [0.15, 0.2) is 60.7 Å². The first-order valence-corrected chi connectivity index (χ1v) is 13.6. The van der Waals surface area contributed by atoms with Crippen molar-refractivity contribution >= 4 is 34.2 Å². The highest BCUT2D eigenvalue weighted by Crippen LogP contribution is 2.37. The van der Waals surface area contributed by atoms with Crippen molar-refractivity contribution in [3.05, 3.63) is 77.6 Å². The number of hydrogen-bond donors (Lipinski definition) is 1. The zero-order valence-electron chi connectivity index (χ0n) is 21.8. The third-order valence-electron chi connectivity index (χ3n) is 7.81. The van der Waals surface area contributed by atoms with Crippen molar-refractivity contribution in [1.29, 1.82) is 0 Å². The highest BCUT2D eigenvalue weighted by Gasteiger charge is 2.31. The van der Waals surface area contributed by atoms with Crippen molar-refractivity contribution in [3.63, 3.8) is 0 Å². The largest absolute Gasteiger partial charge is 0.352 e. The lowest BCUT2D eigenvalue weighted by Gasteiger charge is -2.31. The highest BCUT2D eigenvalue weighted by atomic mass is 19.1. The third kappa shape index (κ3) is 5.42. The van der Waals surface area contributed by atoms with E-state index in [1.165, 1.54) is 18.6 Å². The topological polar surface area (TPSA) is 69.7 Å². The summed E-state index contributed by atoms with van der Waals surface area (Å²) in [6, 6.07) is 17.1. The summed E-state index contributed by atoms with van der Waals surface area (Å²) in [7, 11) is 0. The van der Waals surface area contributed by atoms with E-state index in [1.807, 2.05) is 36.4 Å². The number of halogens is 1. The summed E-state index contributed by atoms with van der Waals surface area (Å²) in [5.74, 6) is -0.721. The molecule has 3 amide bonds. The van der Waals surface area contributed by atoms with Crippen LogP contribution in [0, 0.1) is 5.82 Å². The Morgan fingerprint density at radius 3 is 2.47 bits per heavy atom. The maximum absolute atomic E-state index is 13.5. The smallest absolute Gasteiger partial charge is 0.258 e. The molecule has 1 atom stereocenters. The van der Waals surface area contributed by atoms with Gasteiger partial charge >= 0.3 is 0 Å². The summed E-state index contributed by atoms with van der Waals surface area (Å²) in [6.07, 6.45) is 5.97. The third-order valence-corrected chi connectivity index (χ3v) is 7.81. The van der Waals surface area contributed by atoms with Crippen LogP contribution in [0.3, 0.4) is 0 Å². The van der Waals surface area contributed by atoms with E-state index in [0.29, 0.717) is 18.5 Å². The first-order chi connectivity index (χ1) is 18.4. The number of hydrogen-bond acceptors (Lipinski definition) is 3. The molecule has 1 heterocycles. The van der Waals surface area contributed by atoms with Gasteiger partial charge in [0, 0.05) is 36.5 Å². The monoisotopic (exact) mass is 515 g/mol. The number of benzene rings is 3. The number of rotatable bonds is 9. The maximum atomic E-state index is 13.5. The van der Waals surface area contributed by atoms with E-state index >= 15 is 0 Å². The van der Waals surface area contributed by atoms with Crippen LogP contribution in [0.4, 0.5) is 10.1 Å². The molecular weight excluding hydrogens is 481 g/mol. The summed E-state index contributed by atoms with van der Waals surface area (Å²) >= 11 is 0. The van der Waals surface area contributed by atoms with E-state index in [4.69, 9.17) is 0 Å². The molecule has 1 aliphatic carbocycles. The second-order valence-electron chi connectivity index (χ2n) is 10.4. The average Bonchev–Trinajstić information content (AvgIpc) is 3.21. The lowest BCUT2D eigenvalue weighted by molar-refractivity contribution is -0.141. The molecule has 3 aromatic carbocycles. The summed E-state index contributed by atoms with van der Waals surface area (Å²) in [4.78, 5) is 43.0. The van der Waals surface area contributed by atoms with Crippen LogP contribution in [-0.4, -0.2) is 41.2 Å². The van der Waals surface area contributed by atoms with E-state index in [0.717, 1.165) is 47.7 Å². The molecule has 1 unspecified atom stereocenters. The first-order valence-electron chi connectivity index (χ1n) is 13.6. The van der Waals surface area contributed by atoms with Crippen molar-refractivity contribution < 1.29 is 18.8 Å². The van der Waals surface area contributed by atoms with Crippen LogP contribution in [0.1, 0.15) is 67.8 Å². The predicted molar refractivity (Wildman–Crippen MR) is 146 cm³/mol. The SMILES string of the molecule is CC(C(=O)NC1CCCCC1)N(Cc1ccc(F)cc1)C(=O)CCCN1C(=O)c2cccc3cccc1c23. The Kier molecular flexibility index (Phi) is 7.72. The minimum atomic E-state index is -0.666. The minimum absolute atomic E-state index is 0.0485. The van der Waals surface area contributed by atoms with Gasteiger partial charge < -0.3 is 15.1 Å². The van der Waals surface area contributed by atoms with E-state index in [2.05, 4.69) is 5.32 Å². The molecule has 3 aromatic rings. The van der Waals surface area contributed by atoms with Gasteiger partial charge in [-0.1, -0.05) is 55.7 Å². The lowest BCUT2D eigenvalue weighted by atomic mass is 9.95. The van der Waals surface area contributed by atoms with Crippen LogP contribution in [0.5, 0.6) is 0 Å². The van der Waals surface area contributed by atoms with Crippen molar-refractivity contribution in [3.8, 4) is 0 Å². The summed E-state index contributed by atoms with van der Waals surface area (Å²) < 4.78 is 13.5.